The van der Waals surface area contributed by atoms with Gasteiger partial charge in [-0.05, 0) is 6.42 Å². The van der Waals surface area contributed by atoms with Crippen LogP contribution in [0.5, 0.6) is 0 Å². The molecule has 1 rings (SSSR count). The highest BCUT2D eigenvalue weighted by molar-refractivity contribution is 7.91. The predicted octanol–water partition coefficient (Wildman–Crippen LogP) is -1.49. The second-order valence-electron chi connectivity index (χ2n) is 4.00. The van der Waals surface area contributed by atoms with Crippen LogP contribution in [0.3, 0.4) is 0 Å². The topological polar surface area (TPSA) is 98.5 Å². The molecule has 1 aliphatic heterocycles. The van der Waals surface area contributed by atoms with Crippen LogP contribution in [0.15, 0.2) is 0 Å². The molecule has 1 amide bonds. The summed E-state index contributed by atoms with van der Waals surface area (Å²) in [7, 11) is -1.50. The van der Waals surface area contributed by atoms with Gasteiger partial charge in [0.1, 0.15) is 0 Å². The maximum Gasteiger partial charge on any atom is 0.224 e. The van der Waals surface area contributed by atoms with Crippen molar-refractivity contribution in [3.8, 4) is 0 Å². The van der Waals surface area contributed by atoms with Crippen LogP contribution < -0.4 is 11.1 Å². The third kappa shape index (κ3) is 3.73. The van der Waals surface area contributed by atoms with E-state index in [1.807, 2.05) is 0 Å². The summed E-state index contributed by atoms with van der Waals surface area (Å²) in [6.07, 6.45) is 0.401. The first kappa shape index (κ1) is 13.4. The van der Waals surface area contributed by atoms with Crippen molar-refractivity contribution in [2.24, 2.45) is 11.7 Å². The van der Waals surface area contributed by atoms with E-state index in [0.717, 1.165) is 0 Å². The van der Waals surface area contributed by atoms with Crippen molar-refractivity contribution in [2.45, 2.75) is 12.5 Å². The van der Waals surface area contributed by atoms with Crippen LogP contribution >= 0.6 is 0 Å². The van der Waals surface area contributed by atoms with Gasteiger partial charge in [-0.1, -0.05) is 0 Å². The summed E-state index contributed by atoms with van der Waals surface area (Å²) in [5, 5.41) is 2.69. The van der Waals surface area contributed by atoms with E-state index in [4.69, 9.17) is 10.5 Å². The fraction of sp³-hybridized carbons (Fsp3) is 0.889. The number of nitrogens with one attached hydrogen (secondary N) is 1. The lowest BCUT2D eigenvalue weighted by Gasteiger charge is -2.17. The van der Waals surface area contributed by atoms with E-state index < -0.39 is 15.8 Å². The van der Waals surface area contributed by atoms with Crippen LogP contribution in [-0.4, -0.2) is 52.1 Å². The number of hydrogen-bond acceptors (Lipinski definition) is 5. The molecular formula is C9H18N2O4S. The molecule has 3 N–H and O–H groups in total. The lowest BCUT2D eigenvalue weighted by atomic mass is 10.1. The van der Waals surface area contributed by atoms with Crippen molar-refractivity contribution in [1.82, 2.24) is 5.32 Å². The van der Waals surface area contributed by atoms with Crippen molar-refractivity contribution in [3.63, 3.8) is 0 Å². The molecule has 94 valence electrons. The molecule has 0 aromatic heterocycles. The standard InChI is InChI=1S/C9H18N2O4S/c1-15-5-8(4-10)11-9(12)7-2-3-16(13,14)6-7/h7-8H,2-6,10H2,1H3,(H,11,12). The van der Waals surface area contributed by atoms with Gasteiger partial charge in [-0.2, -0.15) is 0 Å². The average molecular weight is 250 g/mol. The molecule has 1 aliphatic rings. The second kappa shape index (κ2) is 5.60. The summed E-state index contributed by atoms with van der Waals surface area (Å²) in [6.45, 7) is 0.612. The van der Waals surface area contributed by atoms with Gasteiger partial charge in [0.25, 0.3) is 0 Å². The maximum atomic E-state index is 11.7. The molecule has 6 nitrogen and oxygen atoms in total. The quantitative estimate of drug-likeness (QED) is 0.619. The van der Waals surface area contributed by atoms with Crippen molar-refractivity contribution < 1.29 is 17.9 Å². The van der Waals surface area contributed by atoms with Gasteiger partial charge in [0.15, 0.2) is 9.84 Å². The van der Waals surface area contributed by atoms with Crippen LogP contribution in [0.1, 0.15) is 6.42 Å². The first-order valence-corrected chi connectivity index (χ1v) is 7.00. The fourth-order valence-electron chi connectivity index (χ4n) is 1.69. The molecule has 0 aromatic carbocycles. The van der Waals surface area contributed by atoms with E-state index in [-0.39, 0.29) is 30.0 Å². The zero-order valence-electron chi connectivity index (χ0n) is 9.31. The highest BCUT2D eigenvalue weighted by Gasteiger charge is 2.33. The summed E-state index contributed by atoms with van der Waals surface area (Å²) in [5.41, 5.74) is 5.45. The minimum atomic E-state index is -3.02. The summed E-state index contributed by atoms with van der Waals surface area (Å²) in [5.74, 6) is -0.629. The van der Waals surface area contributed by atoms with E-state index >= 15 is 0 Å². The Morgan fingerprint density at radius 1 is 1.62 bits per heavy atom. The van der Waals surface area contributed by atoms with Gasteiger partial charge in [0.2, 0.25) is 5.91 Å². The first-order valence-electron chi connectivity index (χ1n) is 5.18. The number of sulfone groups is 1. The zero-order valence-corrected chi connectivity index (χ0v) is 10.1. The van der Waals surface area contributed by atoms with E-state index in [2.05, 4.69) is 5.32 Å². The van der Waals surface area contributed by atoms with Crippen LogP contribution in [0.2, 0.25) is 0 Å². The van der Waals surface area contributed by atoms with E-state index in [1.165, 1.54) is 7.11 Å². The molecule has 0 spiro atoms. The van der Waals surface area contributed by atoms with Gasteiger partial charge < -0.3 is 15.8 Å². The molecule has 1 fully saturated rings. The normalized spacial score (nSPS) is 25.2. The second-order valence-corrected chi connectivity index (χ2v) is 6.23. The van der Waals surface area contributed by atoms with Crippen molar-refractivity contribution in [2.75, 3.05) is 31.8 Å². The molecule has 0 saturated carbocycles. The number of rotatable bonds is 5. The summed E-state index contributed by atoms with van der Waals surface area (Å²) >= 11 is 0. The van der Waals surface area contributed by atoms with Crippen LogP contribution in [-0.2, 0) is 19.4 Å². The molecule has 1 heterocycles. The highest BCUT2D eigenvalue weighted by Crippen LogP contribution is 2.18. The highest BCUT2D eigenvalue weighted by atomic mass is 32.2. The SMILES string of the molecule is COCC(CN)NC(=O)C1CCS(=O)(=O)C1. The van der Waals surface area contributed by atoms with Gasteiger partial charge in [0, 0.05) is 13.7 Å². The number of ether oxygens (including phenoxy) is 1. The van der Waals surface area contributed by atoms with Gasteiger partial charge in [-0.25, -0.2) is 8.42 Å². The minimum absolute atomic E-state index is 0.0525. The van der Waals surface area contributed by atoms with Gasteiger partial charge >= 0.3 is 0 Å². The average Bonchev–Trinajstić information content (AvgIpc) is 2.58. The minimum Gasteiger partial charge on any atom is -0.383 e. The van der Waals surface area contributed by atoms with E-state index in [1.54, 1.807) is 0 Å². The van der Waals surface area contributed by atoms with Gasteiger partial charge in [0.05, 0.1) is 30.1 Å². The number of carbonyl (C=O) groups excluding carboxylic acids is 1. The summed E-state index contributed by atoms with van der Waals surface area (Å²) in [6, 6.07) is -0.249. The van der Waals surface area contributed by atoms with E-state index in [0.29, 0.717) is 13.0 Å². The third-order valence-corrected chi connectivity index (χ3v) is 4.37. The Morgan fingerprint density at radius 2 is 2.31 bits per heavy atom. The van der Waals surface area contributed by atoms with Crippen LogP contribution in [0, 0.1) is 5.92 Å². The number of nitrogens with two attached hydrogens (primary N) is 1. The molecule has 2 atom stereocenters. The number of hydrogen-bond donors (Lipinski definition) is 2. The van der Waals surface area contributed by atoms with Gasteiger partial charge in [-0.3, -0.25) is 4.79 Å². The Labute approximate surface area is 95.4 Å². The first-order chi connectivity index (χ1) is 7.48. The molecule has 1 saturated heterocycles. The molecule has 0 radical (unpaired) electrons. The Balaban J connectivity index is 2.46. The maximum absolute atomic E-state index is 11.7. The Morgan fingerprint density at radius 3 is 2.75 bits per heavy atom. The number of methoxy groups -OCH3 is 1. The lowest BCUT2D eigenvalue weighted by molar-refractivity contribution is -0.125. The largest absolute Gasteiger partial charge is 0.383 e. The molecule has 0 aromatic rings. The summed E-state index contributed by atoms with van der Waals surface area (Å²) < 4.78 is 27.3. The Kier molecular flexibility index (Phi) is 4.69. The van der Waals surface area contributed by atoms with Crippen molar-refractivity contribution in [1.29, 1.82) is 0 Å². The smallest absolute Gasteiger partial charge is 0.224 e. The molecular weight excluding hydrogens is 232 g/mol. The van der Waals surface area contributed by atoms with Crippen LogP contribution in [0.25, 0.3) is 0 Å². The molecule has 0 aliphatic carbocycles. The fourth-order valence-corrected chi connectivity index (χ4v) is 3.43. The number of amides is 1. The van der Waals surface area contributed by atoms with Crippen LogP contribution in [0.4, 0.5) is 0 Å². The molecule has 7 heteroatoms. The predicted molar refractivity (Wildman–Crippen MR) is 59.6 cm³/mol. The van der Waals surface area contributed by atoms with E-state index in [9.17, 15) is 13.2 Å². The molecule has 2 unspecified atom stereocenters. The lowest BCUT2D eigenvalue weighted by Crippen LogP contribution is -2.45. The Hall–Kier alpha value is -0.660. The monoisotopic (exact) mass is 250 g/mol. The molecule has 16 heavy (non-hydrogen) atoms. The van der Waals surface area contributed by atoms with Gasteiger partial charge in [-0.15, -0.1) is 0 Å². The molecule has 0 bridgehead atoms. The third-order valence-electron chi connectivity index (χ3n) is 2.60. The summed E-state index contributed by atoms with van der Waals surface area (Å²) in [4.78, 5) is 11.7. The van der Waals surface area contributed by atoms with Crippen molar-refractivity contribution >= 4 is 15.7 Å². The van der Waals surface area contributed by atoms with Crippen molar-refractivity contribution in [3.05, 3.63) is 0 Å². The number of carbonyl (C=O) groups is 1. The Bertz CT molecular complexity index is 341. The zero-order chi connectivity index (χ0) is 12.2.